The number of nitrogens with zero attached hydrogens (tertiary/aromatic N) is 3. The second-order valence-electron chi connectivity index (χ2n) is 0.996. The minimum absolute atomic E-state index is 0.227. The van der Waals surface area contributed by atoms with Crippen molar-refractivity contribution >= 4 is 15.9 Å². The second kappa shape index (κ2) is 2.13. The topological polar surface area (TPSA) is 38.7 Å². The summed E-state index contributed by atoms with van der Waals surface area (Å²) in [6.45, 7) is 0. The molecule has 0 spiro atoms. The Morgan fingerprint density at radius 3 is 2.62 bits per heavy atom. The first-order valence-electron chi connectivity index (χ1n) is 1.73. The van der Waals surface area contributed by atoms with Gasteiger partial charge in [0.25, 0.3) is 0 Å². The maximum Gasteiger partial charge on any atom is 0.245 e. The predicted octanol–water partition coefficient (Wildman–Crippen LogP) is 0.573. The summed E-state index contributed by atoms with van der Waals surface area (Å²) in [6, 6.07) is 2.14. The van der Waals surface area contributed by atoms with Crippen molar-refractivity contribution in [3.63, 3.8) is 0 Å². The fraction of sp³-hybridized carbons (Fsp3) is 0. The highest BCUT2D eigenvalue weighted by atomic mass is 79.9. The van der Waals surface area contributed by atoms with Crippen LogP contribution in [-0.4, -0.2) is 15.4 Å². The Morgan fingerprint density at radius 2 is 2.25 bits per heavy atom. The molecule has 0 fully saturated rings. The van der Waals surface area contributed by atoms with Gasteiger partial charge in [-0.15, -0.1) is 5.10 Å². The van der Waals surface area contributed by atoms with Crippen LogP contribution in [0.25, 0.3) is 0 Å². The van der Waals surface area contributed by atoms with Gasteiger partial charge >= 0.3 is 0 Å². The molecule has 5 heteroatoms. The zero-order valence-corrected chi connectivity index (χ0v) is 5.18. The van der Waals surface area contributed by atoms with Crippen molar-refractivity contribution in [2.75, 3.05) is 0 Å². The van der Waals surface area contributed by atoms with Crippen molar-refractivity contribution in [1.29, 1.82) is 0 Å². The number of rotatable bonds is 0. The van der Waals surface area contributed by atoms with E-state index >= 15 is 0 Å². The van der Waals surface area contributed by atoms with Gasteiger partial charge in [0.1, 0.15) is 4.60 Å². The van der Waals surface area contributed by atoms with Crippen molar-refractivity contribution in [3.8, 4) is 0 Å². The van der Waals surface area contributed by atoms with E-state index in [1.807, 2.05) is 0 Å². The lowest BCUT2D eigenvalue weighted by molar-refractivity contribution is 0.543. The summed E-state index contributed by atoms with van der Waals surface area (Å²) in [6.07, 6.45) is 0. The highest BCUT2D eigenvalue weighted by Crippen LogP contribution is 1.99. The van der Waals surface area contributed by atoms with Crippen LogP contribution >= 0.6 is 15.9 Å². The predicted molar refractivity (Wildman–Crippen MR) is 26.3 cm³/mol. The Labute approximate surface area is 53.1 Å². The molecular weight excluding hydrogens is 177 g/mol. The van der Waals surface area contributed by atoms with E-state index in [1.54, 1.807) is 0 Å². The summed E-state index contributed by atoms with van der Waals surface area (Å²) in [5, 5.41) is 9.26. The summed E-state index contributed by atoms with van der Waals surface area (Å²) in [7, 11) is 0. The van der Waals surface area contributed by atoms with Crippen molar-refractivity contribution in [3.05, 3.63) is 16.6 Å². The van der Waals surface area contributed by atoms with Gasteiger partial charge in [0.05, 0.1) is 6.07 Å². The molecule has 0 aliphatic carbocycles. The van der Waals surface area contributed by atoms with E-state index in [-0.39, 0.29) is 4.60 Å². The largest absolute Gasteiger partial charge is 0.245 e. The van der Waals surface area contributed by atoms with Crippen LogP contribution in [0.5, 0.6) is 0 Å². The van der Waals surface area contributed by atoms with E-state index in [9.17, 15) is 4.39 Å². The molecule has 0 unspecified atom stereocenters. The van der Waals surface area contributed by atoms with Crippen LogP contribution in [0.2, 0.25) is 0 Å². The van der Waals surface area contributed by atoms with E-state index in [4.69, 9.17) is 0 Å². The van der Waals surface area contributed by atoms with E-state index in [1.165, 1.54) is 0 Å². The Kier molecular flexibility index (Phi) is 1.48. The maximum absolute atomic E-state index is 11.9. The van der Waals surface area contributed by atoms with Crippen LogP contribution in [0.15, 0.2) is 4.60 Å². The quantitative estimate of drug-likeness (QED) is 0.581. The Balaban J connectivity index is 3.08. The first-order valence-corrected chi connectivity index (χ1v) is 2.52. The van der Waals surface area contributed by atoms with Crippen LogP contribution in [0.3, 0.4) is 0 Å². The van der Waals surface area contributed by atoms with E-state index in [0.29, 0.717) is 0 Å². The fourth-order valence-electron chi connectivity index (χ4n) is 0.236. The van der Waals surface area contributed by atoms with Gasteiger partial charge in [0.15, 0.2) is 0 Å². The van der Waals surface area contributed by atoms with Gasteiger partial charge in [-0.05, 0) is 21.1 Å². The van der Waals surface area contributed by atoms with E-state index in [2.05, 4.69) is 37.4 Å². The standard InChI is InChI=1S/C3BrFN3/c4-2-1-3(5)7-8-6-2. The third kappa shape index (κ3) is 1.19. The molecule has 0 saturated carbocycles. The molecule has 1 radical (unpaired) electrons. The first kappa shape index (κ1) is 5.55. The molecule has 0 bridgehead atoms. The second-order valence-corrected chi connectivity index (χ2v) is 1.75. The Hall–Kier alpha value is -0.580. The van der Waals surface area contributed by atoms with Crippen LogP contribution in [-0.2, 0) is 0 Å². The number of halogens is 2. The molecule has 3 nitrogen and oxygen atoms in total. The lowest BCUT2D eigenvalue weighted by Crippen LogP contribution is -1.90. The molecule has 41 valence electrons. The molecular formula is C3BrFN3. The summed E-state index contributed by atoms with van der Waals surface area (Å²) < 4.78 is 12.1. The third-order valence-electron chi connectivity index (χ3n) is 0.471. The molecule has 0 N–H and O–H groups in total. The molecule has 0 amide bonds. The molecule has 0 aliphatic heterocycles. The highest BCUT2D eigenvalue weighted by molar-refractivity contribution is 9.10. The van der Waals surface area contributed by atoms with Gasteiger partial charge in [-0.3, -0.25) is 0 Å². The van der Waals surface area contributed by atoms with Gasteiger partial charge in [-0.25, -0.2) is 0 Å². The molecule has 1 heterocycles. The van der Waals surface area contributed by atoms with Crippen LogP contribution < -0.4 is 0 Å². The number of aromatic nitrogens is 3. The molecule has 0 aromatic carbocycles. The normalized spacial score (nSPS) is 9.25. The van der Waals surface area contributed by atoms with E-state index in [0.717, 1.165) is 0 Å². The zero-order valence-electron chi connectivity index (χ0n) is 3.60. The first-order chi connectivity index (χ1) is 3.79. The summed E-state index contributed by atoms with van der Waals surface area (Å²) in [4.78, 5) is 0. The Bertz CT molecular complexity index is 174. The van der Waals surface area contributed by atoms with Crippen LogP contribution in [0, 0.1) is 12.0 Å². The minimum atomic E-state index is -0.758. The zero-order chi connectivity index (χ0) is 5.98. The maximum atomic E-state index is 11.9. The average Bonchev–Trinajstić information content (AvgIpc) is 1.64. The summed E-state index contributed by atoms with van der Waals surface area (Å²) in [5.74, 6) is -0.758. The molecule has 1 aromatic rings. The SMILES string of the molecule is Fc1[c]c(Br)nnn1. The highest BCUT2D eigenvalue weighted by Gasteiger charge is 1.92. The molecule has 0 atom stereocenters. The van der Waals surface area contributed by atoms with Crippen LogP contribution in [0.1, 0.15) is 0 Å². The number of hydrogen-bond acceptors (Lipinski definition) is 3. The van der Waals surface area contributed by atoms with Crippen LogP contribution in [0.4, 0.5) is 4.39 Å². The molecule has 8 heavy (non-hydrogen) atoms. The van der Waals surface area contributed by atoms with E-state index < -0.39 is 5.95 Å². The van der Waals surface area contributed by atoms with Gasteiger partial charge in [0.2, 0.25) is 5.95 Å². The van der Waals surface area contributed by atoms with Crippen molar-refractivity contribution in [1.82, 2.24) is 15.4 Å². The molecule has 1 rings (SSSR count). The lowest BCUT2D eigenvalue weighted by Gasteiger charge is -1.81. The molecule has 0 saturated heterocycles. The smallest absolute Gasteiger partial charge is 0.182 e. The molecule has 1 aromatic heterocycles. The Morgan fingerprint density at radius 1 is 1.50 bits per heavy atom. The van der Waals surface area contributed by atoms with Gasteiger partial charge in [0, 0.05) is 0 Å². The van der Waals surface area contributed by atoms with Crippen molar-refractivity contribution < 1.29 is 4.39 Å². The lowest BCUT2D eigenvalue weighted by atomic mass is 10.7. The molecule has 0 aliphatic rings. The fourth-order valence-corrected chi connectivity index (χ4v) is 0.471. The van der Waals surface area contributed by atoms with Gasteiger partial charge in [-0.1, -0.05) is 5.10 Å². The van der Waals surface area contributed by atoms with Crippen molar-refractivity contribution in [2.24, 2.45) is 0 Å². The number of hydrogen-bond donors (Lipinski definition) is 0. The average molecular weight is 177 g/mol. The monoisotopic (exact) mass is 176 g/mol. The summed E-state index contributed by atoms with van der Waals surface area (Å²) >= 11 is 2.85. The van der Waals surface area contributed by atoms with Gasteiger partial charge in [-0.2, -0.15) is 4.39 Å². The van der Waals surface area contributed by atoms with Gasteiger partial charge < -0.3 is 0 Å². The minimum Gasteiger partial charge on any atom is -0.182 e. The summed E-state index contributed by atoms with van der Waals surface area (Å²) in [5.41, 5.74) is 0. The third-order valence-corrected chi connectivity index (χ3v) is 0.828. The van der Waals surface area contributed by atoms with Crippen molar-refractivity contribution in [2.45, 2.75) is 0 Å².